The van der Waals surface area contributed by atoms with Crippen LogP contribution in [0, 0.1) is 0 Å². The van der Waals surface area contributed by atoms with E-state index in [1.165, 1.54) is 19.3 Å². The second kappa shape index (κ2) is 24.3. The highest BCUT2D eigenvalue weighted by molar-refractivity contribution is 7.45. The third kappa shape index (κ3) is 25.7. The molecule has 40 heavy (non-hydrogen) atoms. The van der Waals surface area contributed by atoms with Gasteiger partial charge in [-0.2, -0.15) is 0 Å². The third-order valence-electron chi connectivity index (χ3n) is 6.33. The van der Waals surface area contributed by atoms with E-state index in [2.05, 4.69) is 43.5 Å². The molecule has 1 amide bonds. The number of rotatable bonds is 26. The molecule has 0 aromatic rings. The normalized spacial score (nSPS) is 15.7. The molecule has 0 rings (SSSR count). The van der Waals surface area contributed by atoms with E-state index in [-0.39, 0.29) is 12.5 Å². The Morgan fingerprint density at radius 1 is 0.850 bits per heavy atom. The molecule has 8 nitrogen and oxygen atoms in total. The number of quaternary nitrogens is 1. The van der Waals surface area contributed by atoms with Gasteiger partial charge in [0.25, 0.3) is 7.82 Å². The number of phosphoric ester groups is 1. The van der Waals surface area contributed by atoms with Crippen LogP contribution < -0.4 is 10.2 Å². The number of hydrogen-bond donors (Lipinski definition) is 2. The van der Waals surface area contributed by atoms with Crippen molar-refractivity contribution in [1.82, 2.24) is 5.32 Å². The fraction of sp³-hybridized carbons (Fsp3) is 0.774. The summed E-state index contributed by atoms with van der Waals surface area (Å²) in [4.78, 5) is 24.7. The molecule has 0 bridgehead atoms. The second-order valence-electron chi connectivity index (χ2n) is 11.4. The average molecular weight is 587 g/mol. The number of likely N-dealkylation sites (N-methyl/N-ethyl adjacent to an activating group) is 1. The monoisotopic (exact) mass is 586 g/mol. The highest BCUT2D eigenvalue weighted by Crippen LogP contribution is 2.38. The highest BCUT2D eigenvalue weighted by Gasteiger charge is 2.23. The zero-order chi connectivity index (χ0) is 30.1. The van der Waals surface area contributed by atoms with Crippen molar-refractivity contribution in [3.8, 4) is 0 Å². The van der Waals surface area contributed by atoms with Crippen LogP contribution in [0.5, 0.6) is 0 Å². The molecule has 234 valence electrons. The van der Waals surface area contributed by atoms with Gasteiger partial charge in [-0.05, 0) is 44.9 Å². The smallest absolute Gasteiger partial charge is 0.268 e. The van der Waals surface area contributed by atoms with E-state index in [1.807, 2.05) is 27.2 Å². The van der Waals surface area contributed by atoms with Gasteiger partial charge in [0, 0.05) is 6.42 Å². The predicted molar refractivity (Wildman–Crippen MR) is 164 cm³/mol. The van der Waals surface area contributed by atoms with Crippen LogP contribution in [0.2, 0.25) is 0 Å². The Morgan fingerprint density at radius 2 is 1.40 bits per heavy atom. The number of hydrogen-bond acceptors (Lipinski definition) is 6. The Hall–Kier alpha value is -1.28. The first kappa shape index (κ1) is 38.7. The molecule has 0 fully saturated rings. The van der Waals surface area contributed by atoms with Crippen LogP contribution in [0.15, 0.2) is 36.5 Å². The quantitative estimate of drug-likeness (QED) is 0.0540. The van der Waals surface area contributed by atoms with Crippen molar-refractivity contribution in [2.75, 3.05) is 40.9 Å². The lowest BCUT2D eigenvalue weighted by atomic mass is 10.1. The lowest BCUT2D eigenvalue weighted by Crippen LogP contribution is -2.45. The molecule has 0 spiro atoms. The first-order valence-electron chi connectivity index (χ1n) is 15.4. The van der Waals surface area contributed by atoms with Gasteiger partial charge in [-0.3, -0.25) is 9.36 Å². The molecule has 0 aliphatic rings. The van der Waals surface area contributed by atoms with Gasteiger partial charge in [0.05, 0.1) is 39.9 Å². The van der Waals surface area contributed by atoms with Gasteiger partial charge in [-0.25, -0.2) is 0 Å². The van der Waals surface area contributed by atoms with Crippen LogP contribution in [0.1, 0.15) is 104 Å². The number of carbonyl (C=O) groups excluding carboxylic acids is 1. The van der Waals surface area contributed by atoms with Crippen LogP contribution in [0.25, 0.3) is 0 Å². The van der Waals surface area contributed by atoms with Gasteiger partial charge < -0.3 is 28.8 Å². The minimum absolute atomic E-state index is 0.00964. The zero-order valence-corrected chi connectivity index (χ0v) is 26.9. The first-order chi connectivity index (χ1) is 19.0. The molecular weight excluding hydrogens is 527 g/mol. The van der Waals surface area contributed by atoms with Gasteiger partial charge in [0.2, 0.25) is 5.91 Å². The number of nitrogens with zero attached hydrogens (tertiary/aromatic N) is 1. The van der Waals surface area contributed by atoms with E-state index in [0.29, 0.717) is 17.4 Å². The lowest BCUT2D eigenvalue weighted by molar-refractivity contribution is -0.870. The average Bonchev–Trinajstić information content (AvgIpc) is 2.88. The van der Waals surface area contributed by atoms with Crippen molar-refractivity contribution < 1.29 is 32.9 Å². The molecule has 0 saturated heterocycles. The SMILES string of the molecule is CCCCC/C=C/CC/C=C/CC/C=C/C(O)C(COP(=O)([O-])OCC[N+](C)(C)C)NC(=O)CCCCCCC. The summed E-state index contributed by atoms with van der Waals surface area (Å²) in [7, 11) is 1.22. The maximum Gasteiger partial charge on any atom is 0.268 e. The van der Waals surface area contributed by atoms with Gasteiger partial charge in [0.15, 0.2) is 0 Å². The molecule has 3 atom stereocenters. The molecule has 0 aliphatic carbocycles. The van der Waals surface area contributed by atoms with Crippen LogP contribution in [-0.2, 0) is 18.4 Å². The van der Waals surface area contributed by atoms with E-state index < -0.39 is 26.6 Å². The van der Waals surface area contributed by atoms with Gasteiger partial charge >= 0.3 is 0 Å². The Morgan fingerprint density at radius 3 is 2.00 bits per heavy atom. The number of aliphatic hydroxyl groups excluding tert-OH is 1. The number of carbonyl (C=O) groups is 1. The van der Waals surface area contributed by atoms with Gasteiger partial charge in [-0.15, -0.1) is 0 Å². The highest BCUT2D eigenvalue weighted by atomic mass is 31.2. The molecule has 0 saturated carbocycles. The van der Waals surface area contributed by atoms with Crippen molar-refractivity contribution in [3.05, 3.63) is 36.5 Å². The molecule has 2 N–H and O–H groups in total. The van der Waals surface area contributed by atoms with Crippen molar-refractivity contribution in [3.63, 3.8) is 0 Å². The molecule has 0 aromatic heterocycles. The van der Waals surface area contributed by atoms with E-state index in [1.54, 1.807) is 6.08 Å². The Kier molecular flexibility index (Phi) is 23.6. The molecule has 3 unspecified atom stereocenters. The molecular formula is C31H59N2O6P. The van der Waals surface area contributed by atoms with Crippen molar-refractivity contribution in [2.45, 2.75) is 116 Å². The van der Waals surface area contributed by atoms with Crippen molar-refractivity contribution in [2.24, 2.45) is 0 Å². The number of unbranched alkanes of at least 4 members (excludes halogenated alkanes) is 9. The maximum absolute atomic E-state index is 12.5. The number of allylic oxidation sites excluding steroid dienone is 5. The number of aliphatic hydroxyl groups is 1. The Labute approximate surface area is 245 Å². The third-order valence-corrected chi connectivity index (χ3v) is 7.29. The second-order valence-corrected chi connectivity index (χ2v) is 12.9. The molecule has 0 heterocycles. The lowest BCUT2D eigenvalue weighted by Gasteiger charge is -2.29. The Bertz CT molecular complexity index is 763. The summed E-state index contributed by atoms with van der Waals surface area (Å²) in [5.74, 6) is -0.230. The van der Waals surface area contributed by atoms with E-state index in [0.717, 1.165) is 64.2 Å². The van der Waals surface area contributed by atoms with Crippen molar-refractivity contribution >= 4 is 13.7 Å². The minimum atomic E-state index is -4.57. The summed E-state index contributed by atoms with van der Waals surface area (Å²) in [5.41, 5.74) is 0. The van der Waals surface area contributed by atoms with E-state index in [4.69, 9.17) is 9.05 Å². The van der Waals surface area contributed by atoms with Crippen LogP contribution >= 0.6 is 7.82 Å². The predicted octanol–water partition coefficient (Wildman–Crippen LogP) is 6.21. The maximum atomic E-state index is 12.5. The van der Waals surface area contributed by atoms with Crippen molar-refractivity contribution in [1.29, 1.82) is 0 Å². The largest absolute Gasteiger partial charge is 0.756 e. The van der Waals surface area contributed by atoms with Crippen LogP contribution in [0.3, 0.4) is 0 Å². The number of nitrogens with one attached hydrogen (secondary N) is 1. The summed E-state index contributed by atoms with van der Waals surface area (Å²) in [6.07, 6.45) is 25.1. The summed E-state index contributed by atoms with van der Waals surface area (Å²) >= 11 is 0. The van der Waals surface area contributed by atoms with Crippen LogP contribution in [-0.4, -0.2) is 68.5 Å². The fourth-order valence-electron chi connectivity index (χ4n) is 3.77. The molecule has 9 heteroatoms. The minimum Gasteiger partial charge on any atom is -0.756 e. The summed E-state index contributed by atoms with van der Waals surface area (Å²) in [5, 5.41) is 13.5. The molecule has 0 aliphatic heterocycles. The summed E-state index contributed by atoms with van der Waals surface area (Å²) < 4.78 is 22.8. The topological polar surface area (TPSA) is 108 Å². The molecule has 0 aromatic carbocycles. The number of amides is 1. The van der Waals surface area contributed by atoms with Gasteiger partial charge in [-0.1, -0.05) is 88.8 Å². The fourth-order valence-corrected chi connectivity index (χ4v) is 4.49. The molecule has 0 radical (unpaired) electrons. The first-order valence-corrected chi connectivity index (χ1v) is 16.8. The standard InChI is InChI=1S/C31H59N2O6P/c1-6-8-10-12-13-14-15-16-17-18-19-21-22-24-30(34)29(32-31(35)25-23-20-11-9-7-2)28-39-40(36,37)38-27-26-33(3,4)5/h13-14,17-18,22,24,29-30,34H,6-12,15-16,19-21,23,25-28H2,1-5H3,(H-,32,35,36,37)/b14-13+,18-17+,24-22+. The Balaban J connectivity index is 4.71. The summed E-state index contributed by atoms with van der Waals surface area (Å²) in [6.45, 7) is 4.43. The van der Waals surface area contributed by atoms with E-state index in [9.17, 15) is 19.4 Å². The van der Waals surface area contributed by atoms with Crippen LogP contribution in [0.4, 0.5) is 0 Å². The van der Waals surface area contributed by atoms with Gasteiger partial charge in [0.1, 0.15) is 13.2 Å². The summed E-state index contributed by atoms with van der Waals surface area (Å²) in [6, 6.07) is -0.900. The number of phosphoric acid groups is 1. The zero-order valence-electron chi connectivity index (χ0n) is 26.0. The van der Waals surface area contributed by atoms with E-state index >= 15 is 0 Å².